The fraction of sp³-hybridized carbons (Fsp3) is 0.273. The van der Waals surface area contributed by atoms with Gasteiger partial charge in [-0.1, -0.05) is 22.9 Å². The van der Waals surface area contributed by atoms with Crippen LogP contribution in [0.3, 0.4) is 0 Å². The first kappa shape index (κ1) is 12.0. The molecule has 3 amide bonds. The molecule has 1 aromatic carbocycles. The van der Waals surface area contributed by atoms with Crippen LogP contribution in [0.4, 0.5) is 14.9 Å². The lowest BCUT2D eigenvalue weighted by Crippen LogP contribution is -2.54. The van der Waals surface area contributed by atoms with Crippen LogP contribution < -0.4 is 10.2 Å². The third-order valence-corrected chi connectivity index (χ3v) is 3.07. The Hall–Kier alpha value is -1.43. The molecule has 1 N–H and O–H groups in total. The van der Waals surface area contributed by atoms with Gasteiger partial charge in [0.25, 0.3) is 0 Å². The van der Waals surface area contributed by atoms with E-state index in [9.17, 15) is 14.0 Å². The molecule has 6 heteroatoms. The lowest BCUT2D eigenvalue weighted by atomic mass is 10.1. The topological polar surface area (TPSA) is 49.4 Å². The number of anilines is 1. The number of imide groups is 1. The predicted octanol–water partition coefficient (Wildman–Crippen LogP) is 2.28. The Bertz CT molecular complexity index is 492. The average Bonchev–Trinajstić information content (AvgIpc) is 2.24. The van der Waals surface area contributed by atoms with Gasteiger partial charge in [-0.05, 0) is 18.2 Å². The average molecular weight is 301 g/mol. The lowest BCUT2D eigenvalue weighted by molar-refractivity contribution is -0.123. The molecule has 1 atom stereocenters. The molecule has 1 fully saturated rings. The fourth-order valence-corrected chi connectivity index (χ4v) is 1.98. The van der Waals surface area contributed by atoms with E-state index in [1.807, 2.05) is 0 Å². The number of carbonyl (C=O) groups excluding carboxylic acids is 2. The van der Waals surface area contributed by atoms with Crippen LogP contribution in [0, 0.1) is 11.7 Å². The Morgan fingerprint density at radius 3 is 2.82 bits per heavy atom. The van der Waals surface area contributed by atoms with Crippen LogP contribution in [0.1, 0.15) is 6.92 Å². The zero-order valence-corrected chi connectivity index (χ0v) is 10.6. The van der Waals surface area contributed by atoms with Crippen molar-refractivity contribution in [1.29, 1.82) is 0 Å². The predicted molar refractivity (Wildman–Crippen MR) is 64.1 cm³/mol. The number of carbonyl (C=O) groups is 2. The Kier molecular flexibility index (Phi) is 3.15. The maximum atomic E-state index is 13.7. The second-order valence-corrected chi connectivity index (χ2v) is 4.82. The van der Waals surface area contributed by atoms with Gasteiger partial charge in [-0.25, -0.2) is 9.18 Å². The molecular weight excluding hydrogens is 291 g/mol. The molecule has 90 valence electrons. The van der Waals surface area contributed by atoms with E-state index in [4.69, 9.17) is 0 Å². The minimum Gasteiger partial charge on any atom is -0.290 e. The number of urea groups is 1. The molecule has 1 aliphatic heterocycles. The Labute approximate surface area is 106 Å². The van der Waals surface area contributed by atoms with E-state index >= 15 is 0 Å². The maximum absolute atomic E-state index is 13.7. The molecule has 1 saturated heterocycles. The molecule has 17 heavy (non-hydrogen) atoms. The van der Waals surface area contributed by atoms with Crippen molar-refractivity contribution in [2.75, 3.05) is 11.4 Å². The standard InChI is InChI=1S/C11H10BrFN2O2/c1-6-5-15(11(17)14-10(6)16)9-3-2-7(12)4-8(9)13/h2-4,6H,5H2,1H3,(H,14,16,17). The summed E-state index contributed by atoms with van der Waals surface area (Å²) in [5.74, 6) is -1.18. The van der Waals surface area contributed by atoms with Gasteiger partial charge < -0.3 is 0 Å². The van der Waals surface area contributed by atoms with Gasteiger partial charge in [0.1, 0.15) is 5.82 Å². The van der Waals surface area contributed by atoms with Crippen molar-refractivity contribution in [3.05, 3.63) is 28.5 Å². The van der Waals surface area contributed by atoms with E-state index in [2.05, 4.69) is 21.2 Å². The van der Waals surface area contributed by atoms with Gasteiger partial charge in [0.05, 0.1) is 11.6 Å². The van der Waals surface area contributed by atoms with E-state index in [0.717, 1.165) is 0 Å². The Morgan fingerprint density at radius 2 is 2.18 bits per heavy atom. The summed E-state index contributed by atoms with van der Waals surface area (Å²) in [5, 5.41) is 2.19. The monoisotopic (exact) mass is 300 g/mol. The fourth-order valence-electron chi connectivity index (χ4n) is 1.64. The molecule has 1 aliphatic rings. The van der Waals surface area contributed by atoms with Gasteiger partial charge in [0.15, 0.2) is 0 Å². The quantitative estimate of drug-likeness (QED) is 0.865. The molecule has 1 aromatic rings. The number of amides is 3. The van der Waals surface area contributed by atoms with E-state index < -0.39 is 11.8 Å². The van der Waals surface area contributed by atoms with Crippen LogP contribution >= 0.6 is 15.9 Å². The highest BCUT2D eigenvalue weighted by Gasteiger charge is 2.31. The van der Waals surface area contributed by atoms with Crippen molar-refractivity contribution in [3.63, 3.8) is 0 Å². The lowest BCUT2D eigenvalue weighted by Gasteiger charge is -2.30. The molecule has 1 heterocycles. The van der Waals surface area contributed by atoms with Crippen LogP contribution in [0.2, 0.25) is 0 Å². The first-order valence-corrected chi connectivity index (χ1v) is 5.85. The third kappa shape index (κ3) is 2.31. The number of halogens is 2. The highest BCUT2D eigenvalue weighted by atomic mass is 79.9. The molecule has 0 aromatic heterocycles. The minimum absolute atomic E-state index is 0.171. The van der Waals surface area contributed by atoms with E-state index in [0.29, 0.717) is 4.47 Å². The maximum Gasteiger partial charge on any atom is 0.328 e. The zero-order chi connectivity index (χ0) is 12.6. The SMILES string of the molecule is CC1CN(c2ccc(Br)cc2F)C(=O)NC1=O. The molecule has 0 saturated carbocycles. The van der Waals surface area contributed by atoms with Crippen LogP contribution in [-0.2, 0) is 4.79 Å². The third-order valence-electron chi connectivity index (χ3n) is 2.58. The first-order valence-electron chi connectivity index (χ1n) is 5.06. The molecule has 1 unspecified atom stereocenters. The molecular formula is C11H10BrFN2O2. The number of rotatable bonds is 1. The van der Waals surface area contributed by atoms with Crippen LogP contribution in [-0.4, -0.2) is 18.5 Å². The Morgan fingerprint density at radius 1 is 1.47 bits per heavy atom. The smallest absolute Gasteiger partial charge is 0.290 e. The highest BCUT2D eigenvalue weighted by molar-refractivity contribution is 9.10. The number of hydrogen-bond donors (Lipinski definition) is 1. The normalized spacial score (nSPS) is 20.4. The summed E-state index contributed by atoms with van der Waals surface area (Å²) in [6.07, 6.45) is 0. The minimum atomic E-state index is -0.589. The van der Waals surface area contributed by atoms with Crippen molar-refractivity contribution in [3.8, 4) is 0 Å². The van der Waals surface area contributed by atoms with E-state index in [1.165, 1.54) is 17.0 Å². The Balaban J connectivity index is 2.33. The number of hydrogen-bond acceptors (Lipinski definition) is 2. The summed E-state index contributed by atoms with van der Waals surface area (Å²) < 4.78 is 14.3. The largest absolute Gasteiger partial charge is 0.328 e. The molecule has 2 rings (SSSR count). The summed E-state index contributed by atoms with van der Waals surface area (Å²) in [5.41, 5.74) is 0.171. The first-order chi connectivity index (χ1) is 7.99. The van der Waals surface area contributed by atoms with Crippen LogP contribution in [0.5, 0.6) is 0 Å². The van der Waals surface area contributed by atoms with Crippen LogP contribution in [0.15, 0.2) is 22.7 Å². The number of nitrogens with one attached hydrogen (secondary N) is 1. The van der Waals surface area contributed by atoms with Gasteiger partial charge in [-0.15, -0.1) is 0 Å². The van der Waals surface area contributed by atoms with Crippen molar-refractivity contribution < 1.29 is 14.0 Å². The van der Waals surface area contributed by atoms with Gasteiger partial charge in [0.2, 0.25) is 5.91 Å². The summed E-state index contributed by atoms with van der Waals surface area (Å²) >= 11 is 3.14. The summed E-state index contributed by atoms with van der Waals surface area (Å²) in [6.45, 7) is 1.87. The molecule has 0 spiro atoms. The zero-order valence-electron chi connectivity index (χ0n) is 9.04. The van der Waals surface area contributed by atoms with Crippen LogP contribution in [0.25, 0.3) is 0 Å². The van der Waals surface area contributed by atoms with Crippen molar-refractivity contribution in [2.45, 2.75) is 6.92 Å². The summed E-state index contributed by atoms with van der Waals surface area (Å²) in [7, 11) is 0. The van der Waals surface area contributed by atoms with Gasteiger partial charge >= 0.3 is 6.03 Å². The van der Waals surface area contributed by atoms with Gasteiger partial charge in [-0.3, -0.25) is 15.0 Å². The summed E-state index contributed by atoms with van der Waals surface area (Å²) in [4.78, 5) is 24.1. The highest BCUT2D eigenvalue weighted by Crippen LogP contribution is 2.25. The molecule has 0 aliphatic carbocycles. The van der Waals surface area contributed by atoms with Gasteiger partial charge in [-0.2, -0.15) is 0 Å². The van der Waals surface area contributed by atoms with Crippen molar-refractivity contribution >= 4 is 33.6 Å². The van der Waals surface area contributed by atoms with Crippen molar-refractivity contribution in [1.82, 2.24) is 5.32 Å². The molecule has 0 radical (unpaired) electrons. The number of benzene rings is 1. The second-order valence-electron chi connectivity index (χ2n) is 3.90. The summed E-state index contributed by atoms with van der Waals surface area (Å²) in [6, 6.07) is 3.84. The number of nitrogens with zero attached hydrogens (tertiary/aromatic N) is 1. The van der Waals surface area contributed by atoms with Crippen molar-refractivity contribution in [2.24, 2.45) is 5.92 Å². The van der Waals surface area contributed by atoms with E-state index in [1.54, 1.807) is 13.0 Å². The van der Waals surface area contributed by atoms with Gasteiger partial charge in [0, 0.05) is 11.0 Å². The second kappa shape index (κ2) is 4.44. The molecule has 4 nitrogen and oxygen atoms in total. The van der Waals surface area contributed by atoms with E-state index in [-0.39, 0.29) is 24.1 Å². The molecule has 0 bridgehead atoms.